The lowest BCUT2D eigenvalue weighted by atomic mass is 9.95. The molecule has 0 amide bonds. The van der Waals surface area contributed by atoms with E-state index < -0.39 is 20.3 Å². The van der Waals surface area contributed by atoms with Gasteiger partial charge in [-0.25, -0.2) is 4.79 Å². The van der Waals surface area contributed by atoms with Crippen LogP contribution in [-0.4, -0.2) is 51.9 Å². The number of hydrogen-bond donors (Lipinski definition) is 1. The Kier molecular flexibility index (Phi) is 11.2. The van der Waals surface area contributed by atoms with E-state index in [-0.39, 0.29) is 23.7 Å². The minimum absolute atomic E-state index is 0.117. The van der Waals surface area contributed by atoms with Crippen molar-refractivity contribution in [3.63, 3.8) is 0 Å². The average Bonchev–Trinajstić information content (AvgIpc) is 2.57. The standard InChI is InChI=1S/C21H38O5Si/c1-10-25-20(23)16(2)11-12-18(22)17(3)19(26-15-24-7)13-14-27(8,9)21(4,5)6/h11,17-19,22H,10,12,15H2,1-9H3/b16-11+/t17-,18+,19-/m1/s1. The summed E-state index contributed by atoms with van der Waals surface area (Å²) in [5.74, 6) is 2.66. The Labute approximate surface area is 166 Å². The summed E-state index contributed by atoms with van der Waals surface area (Å²) < 4.78 is 15.7. The second kappa shape index (κ2) is 11.7. The number of aliphatic hydroxyl groups is 1. The molecule has 0 aliphatic rings. The molecule has 0 aliphatic carbocycles. The maximum absolute atomic E-state index is 11.7. The van der Waals surface area contributed by atoms with Crippen LogP contribution in [0.3, 0.4) is 0 Å². The van der Waals surface area contributed by atoms with E-state index in [1.165, 1.54) is 0 Å². The summed E-state index contributed by atoms with van der Waals surface area (Å²) in [7, 11) is -0.224. The third-order valence-corrected chi connectivity index (χ3v) is 9.63. The molecule has 27 heavy (non-hydrogen) atoms. The quantitative estimate of drug-likeness (QED) is 0.210. The number of rotatable bonds is 9. The van der Waals surface area contributed by atoms with E-state index in [0.717, 1.165) is 0 Å². The van der Waals surface area contributed by atoms with Crippen molar-refractivity contribution in [2.24, 2.45) is 5.92 Å². The van der Waals surface area contributed by atoms with Gasteiger partial charge in [0.2, 0.25) is 0 Å². The Morgan fingerprint density at radius 1 is 1.30 bits per heavy atom. The van der Waals surface area contributed by atoms with Crippen molar-refractivity contribution in [1.29, 1.82) is 0 Å². The molecule has 0 radical (unpaired) electrons. The van der Waals surface area contributed by atoms with Gasteiger partial charge in [0.25, 0.3) is 0 Å². The SMILES string of the molecule is CCOC(=O)/C(C)=C/C[C@H](O)[C@@H](C)[C@@H](C#C[Si](C)(C)C(C)(C)C)OCOC. The summed E-state index contributed by atoms with van der Waals surface area (Å²) in [5, 5.41) is 10.7. The van der Waals surface area contributed by atoms with Crippen molar-refractivity contribution in [3.05, 3.63) is 11.6 Å². The largest absolute Gasteiger partial charge is 0.463 e. The molecule has 0 aromatic carbocycles. The summed E-state index contributed by atoms with van der Waals surface area (Å²) in [5.41, 5.74) is 3.94. The minimum atomic E-state index is -1.78. The molecule has 5 nitrogen and oxygen atoms in total. The second-order valence-electron chi connectivity index (χ2n) is 8.41. The minimum Gasteiger partial charge on any atom is -0.463 e. The third kappa shape index (κ3) is 9.07. The van der Waals surface area contributed by atoms with Gasteiger partial charge in [0.1, 0.15) is 21.0 Å². The van der Waals surface area contributed by atoms with Crippen molar-refractivity contribution in [2.75, 3.05) is 20.5 Å². The van der Waals surface area contributed by atoms with Crippen LogP contribution >= 0.6 is 0 Å². The molecule has 0 heterocycles. The molecule has 0 aromatic rings. The normalized spacial score (nSPS) is 16.1. The number of esters is 1. The van der Waals surface area contributed by atoms with E-state index >= 15 is 0 Å². The number of carbonyl (C=O) groups is 1. The Morgan fingerprint density at radius 2 is 1.89 bits per heavy atom. The highest BCUT2D eigenvalue weighted by molar-refractivity contribution is 6.87. The fourth-order valence-corrected chi connectivity index (χ4v) is 2.83. The lowest BCUT2D eigenvalue weighted by molar-refractivity contribution is -0.138. The molecule has 0 saturated heterocycles. The van der Waals surface area contributed by atoms with Gasteiger partial charge in [0, 0.05) is 18.6 Å². The third-order valence-electron chi connectivity index (χ3n) is 5.11. The zero-order valence-corrected chi connectivity index (χ0v) is 19.5. The molecule has 0 aliphatic heterocycles. The number of carbonyl (C=O) groups excluding carboxylic acids is 1. The predicted molar refractivity (Wildman–Crippen MR) is 112 cm³/mol. The molecular weight excluding hydrogens is 360 g/mol. The molecule has 156 valence electrons. The van der Waals surface area contributed by atoms with Gasteiger partial charge >= 0.3 is 5.97 Å². The van der Waals surface area contributed by atoms with Crippen molar-refractivity contribution in [1.82, 2.24) is 0 Å². The number of ether oxygens (including phenoxy) is 3. The molecule has 0 aromatic heterocycles. The molecule has 0 bridgehead atoms. The number of aliphatic hydroxyl groups excluding tert-OH is 1. The van der Waals surface area contributed by atoms with Gasteiger partial charge in [0.15, 0.2) is 0 Å². The van der Waals surface area contributed by atoms with Crippen LogP contribution in [0.5, 0.6) is 0 Å². The molecule has 0 fully saturated rings. The van der Waals surface area contributed by atoms with Crippen LogP contribution in [0.15, 0.2) is 11.6 Å². The van der Waals surface area contributed by atoms with Crippen molar-refractivity contribution in [2.45, 2.75) is 78.3 Å². The fourth-order valence-electron chi connectivity index (χ4n) is 1.95. The monoisotopic (exact) mass is 398 g/mol. The highest BCUT2D eigenvalue weighted by atomic mass is 28.3. The molecule has 0 spiro atoms. The first-order valence-electron chi connectivity index (χ1n) is 9.52. The van der Waals surface area contributed by atoms with E-state index in [9.17, 15) is 9.90 Å². The average molecular weight is 399 g/mol. The van der Waals surface area contributed by atoms with Gasteiger partial charge in [-0.3, -0.25) is 0 Å². The van der Waals surface area contributed by atoms with Crippen molar-refractivity contribution >= 4 is 14.0 Å². The van der Waals surface area contributed by atoms with E-state index in [1.54, 1.807) is 27.0 Å². The van der Waals surface area contributed by atoms with Crippen molar-refractivity contribution in [3.8, 4) is 11.5 Å². The van der Waals surface area contributed by atoms with E-state index in [1.807, 2.05) is 6.92 Å². The first kappa shape index (κ1) is 25.9. The van der Waals surface area contributed by atoms with Gasteiger partial charge < -0.3 is 19.3 Å². The summed E-state index contributed by atoms with van der Waals surface area (Å²) in [6.07, 6.45) is 0.907. The second-order valence-corrected chi connectivity index (χ2v) is 13.4. The van der Waals surface area contributed by atoms with Crippen LogP contribution < -0.4 is 0 Å². The van der Waals surface area contributed by atoms with Crippen molar-refractivity contribution < 1.29 is 24.1 Å². The summed E-state index contributed by atoms with van der Waals surface area (Å²) in [6, 6.07) is 0. The van der Waals surface area contributed by atoms with Crippen LogP contribution in [0.25, 0.3) is 0 Å². The Balaban J connectivity index is 5.25. The van der Waals surface area contributed by atoms with Gasteiger partial charge in [-0.2, -0.15) is 0 Å². The summed E-state index contributed by atoms with van der Waals surface area (Å²) in [6.45, 7) is 16.9. The highest BCUT2D eigenvalue weighted by Crippen LogP contribution is 2.35. The number of hydrogen-bond acceptors (Lipinski definition) is 5. The molecule has 1 N–H and O–H groups in total. The molecule has 0 rings (SSSR count). The smallest absolute Gasteiger partial charge is 0.333 e. The lowest BCUT2D eigenvalue weighted by Crippen LogP contribution is -2.37. The van der Waals surface area contributed by atoms with Gasteiger partial charge in [-0.05, 0) is 25.3 Å². The fraction of sp³-hybridized carbons (Fsp3) is 0.762. The zero-order valence-electron chi connectivity index (χ0n) is 18.5. The molecule has 0 saturated carbocycles. The number of methoxy groups -OCH3 is 1. The zero-order chi connectivity index (χ0) is 21.3. The first-order chi connectivity index (χ1) is 12.4. The first-order valence-corrected chi connectivity index (χ1v) is 12.5. The van der Waals surface area contributed by atoms with Crippen LogP contribution in [0.1, 0.15) is 48.0 Å². The predicted octanol–water partition coefficient (Wildman–Crippen LogP) is 3.92. The maximum atomic E-state index is 11.7. The van der Waals surface area contributed by atoms with E-state index in [0.29, 0.717) is 18.6 Å². The van der Waals surface area contributed by atoms with Gasteiger partial charge in [-0.1, -0.05) is 52.8 Å². The Morgan fingerprint density at radius 3 is 2.37 bits per heavy atom. The topological polar surface area (TPSA) is 65.0 Å². The highest BCUT2D eigenvalue weighted by Gasteiger charge is 2.34. The molecule has 0 unspecified atom stereocenters. The lowest BCUT2D eigenvalue weighted by Gasteiger charge is -2.32. The molecule has 6 heteroatoms. The van der Waals surface area contributed by atoms with Crippen LogP contribution in [0, 0.1) is 17.4 Å². The van der Waals surface area contributed by atoms with E-state index in [4.69, 9.17) is 14.2 Å². The van der Waals surface area contributed by atoms with Crippen LogP contribution in [0.2, 0.25) is 18.1 Å². The van der Waals surface area contributed by atoms with Gasteiger partial charge in [0.05, 0.1) is 12.7 Å². The maximum Gasteiger partial charge on any atom is 0.333 e. The van der Waals surface area contributed by atoms with Crippen LogP contribution in [0.4, 0.5) is 0 Å². The van der Waals surface area contributed by atoms with Gasteiger partial charge in [-0.15, -0.1) is 5.54 Å². The van der Waals surface area contributed by atoms with Crippen LogP contribution in [-0.2, 0) is 19.0 Å². The summed E-state index contributed by atoms with van der Waals surface area (Å²) >= 11 is 0. The summed E-state index contributed by atoms with van der Waals surface area (Å²) in [4.78, 5) is 11.7. The Bertz CT molecular complexity index is 551. The molecular formula is C21H38O5Si. The van der Waals surface area contributed by atoms with E-state index in [2.05, 4.69) is 45.3 Å². The Hall–Kier alpha value is -1.13. The molecule has 3 atom stereocenters.